The Balaban J connectivity index is 2.44. The van der Waals surface area contributed by atoms with Crippen molar-refractivity contribution >= 4 is 40.1 Å². The summed E-state index contributed by atoms with van der Waals surface area (Å²) in [5.74, 6) is 0.721. The van der Waals surface area contributed by atoms with Crippen molar-refractivity contribution in [3.8, 4) is 0 Å². The maximum Gasteiger partial charge on any atom is 0.154 e. The van der Waals surface area contributed by atoms with Crippen LogP contribution in [0.15, 0.2) is 23.2 Å². The second kappa shape index (κ2) is 7.82. The first-order chi connectivity index (χ1) is 8.13. The number of nitrogens with two attached hydrogens (primary N) is 1. The van der Waals surface area contributed by atoms with Gasteiger partial charge in [-0.15, -0.1) is 0 Å². The van der Waals surface area contributed by atoms with Crippen LogP contribution >= 0.6 is 35.0 Å². The number of hydrogen-bond donors (Lipinski definition) is 1. The van der Waals surface area contributed by atoms with E-state index in [2.05, 4.69) is 4.99 Å². The van der Waals surface area contributed by atoms with Crippen molar-refractivity contribution in [2.24, 2.45) is 10.7 Å². The van der Waals surface area contributed by atoms with E-state index in [4.69, 9.17) is 33.7 Å². The van der Waals surface area contributed by atoms with Crippen LogP contribution in [0.2, 0.25) is 10.0 Å². The zero-order chi connectivity index (χ0) is 12.7. The number of benzene rings is 1. The van der Waals surface area contributed by atoms with E-state index in [0.29, 0.717) is 28.4 Å². The number of methoxy groups -OCH3 is 1. The van der Waals surface area contributed by atoms with Crippen molar-refractivity contribution < 1.29 is 4.74 Å². The lowest BCUT2D eigenvalue weighted by atomic mass is 10.2. The van der Waals surface area contributed by atoms with Crippen molar-refractivity contribution in [1.29, 1.82) is 0 Å². The van der Waals surface area contributed by atoms with Crippen molar-refractivity contribution in [2.75, 3.05) is 20.3 Å². The summed E-state index contributed by atoms with van der Waals surface area (Å²) in [5, 5.41) is 1.66. The largest absolute Gasteiger partial charge is 0.383 e. The van der Waals surface area contributed by atoms with Gasteiger partial charge < -0.3 is 10.5 Å². The molecule has 0 radical (unpaired) electrons. The molecule has 0 aliphatic heterocycles. The summed E-state index contributed by atoms with van der Waals surface area (Å²) in [6, 6.07) is 5.53. The predicted octanol–water partition coefficient (Wildman–Crippen LogP) is 3.19. The first kappa shape index (κ1) is 14.6. The molecule has 0 saturated carbocycles. The Labute approximate surface area is 115 Å². The number of nitrogens with zero attached hydrogens (tertiary/aromatic N) is 1. The fourth-order valence-corrected chi connectivity index (χ4v) is 2.08. The van der Waals surface area contributed by atoms with E-state index >= 15 is 0 Å². The van der Waals surface area contributed by atoms with Gasteiger partial charge in [0, 0.05) is 12.9 Å². The SMILES string of the molecule is COCCN=C(N)SCc1ccc(Cl)c(Cl)c1. The summed E-state index contributed by atoms with van der Waals surface area (Å²) in [7, 11) is 1.63. The van der Waals surface area contributed by atoms with E-state index in [0.717, 1.165) is 11.3 Å². The molecule has 0 aliphatic rings. The molecule has 1 aromatic rings. The van der Waals surface area contributed by atoms with Crippen LogP contribution < -0.4 is 5.73 Å². The monoisotopic (exact) mass is 292 g/mol. The van der Waals surface area contributed by atoms with E-state index < -0.39 is 0 Å². The standard InChI is InChI=1S/C11H14Cl2N2OS/c1-16-5-4-15-11(14)17-7-8-2-3-9(12)10(13)6-8/h2-3,6H,4-5,7H2,1H3,(H2,14,15). The van der Waals surface area contributed by atoms with Gasteiger partial charge in [0.25, 0.3) is 0 Å². The van der Waals surface area contributed by atoms with Crippen LogP contribution in [0.5, 0.6) is 0 Å². The first-order valence-corrected chi connectivity index (χ1v) is 6.73. The molecule has 1 aromatic carbocycles. The quantitative estimate of drug-likeness (QED) is 0.515. The molecule has 0 bridgehead atoms. The molecule has 0 aliphatic carbocycles. The van der Waals surface area contributed by atoms with Gasteiger partial charge in [-0.1, -0.05) is 41.0 Å². The lowest BCUT2D eigenvalue weighted by Crippen LogP contribution is -2.09. The number of hydrogen-bond acceptors (Lipinski definition) is 3. The van der Waals surface area contributed by atoms with Gasteiger partial charge in [-0.2, -0.15) is 0 Å². The Morgan fingerprint density at radius 1 is 1.41 bits per heavy atom. The molecular weight excluding hydrogens is 279 g/mol. The zero-order valence-corrected chi connectivity index (χ0v) is 11.8. The second-order valence-electron chi connectivity index (χ2n) is 3.25. The molecule has 0 heterocycles. The third-order valence-electron chi connectivity index (χ3n) is 1.93. The number of ether oxygens (including phenoxy) is 1. The fourth-order valence-electron chi connectivity index (χ4n) is 1.08. The lowest BCUT2D eigenvalue weighted by molar-refractivity contribution is 0.208. The summed E-state index contributed by atoms with van der Waals surface area (Å²) < 4.78 is 4.88. The summed E-state index contributed by atoms with van der Waals surface area (Å²) in [6.45, 7) is 1.16. The molecule has 0 saturated heterocycles. The van der Waals surface area contributed by atoms with E-state index in [1.54, 1.807) is 13.2 Å². The topological polar surface area (TPSA) is 47.6 Å². The number of thioether (sulfide) groups is 1. The molecule has 0 spiro atoms. The average Bonchev–Trinajstić information content (AvgIpc) is 2.31. The Hall–Kier alpha value is -0.420. The molecular formula is C11H14Cl2N2OS. The van der Waals surface area contributed by atoms with E-state index in [-0.39, 0.29) is 0 Å². The number of amidine groups is 1. The van der Waals surface area contributed by atoms with Gasteiger partial charge in [-0.3, -0.25) is 4.99 Å². The Kier molecular flexibility index (Phi) is 6.73. The van der Waals surface area contributed by atoms with Crippen LogP contribution in [0.4, 0.5) is 0 Å². The maximum absolute atomic E-state index is 5.91. The number of rotatable bonds is 5. The summed E-state index contributed by atoms with van der Waals surface area (Å²) in [6.07, 6.45) is 0. The molecule has 94 valence electrons. The smallest absolute Gasteiger partial charge is 0.154 e. The van der Waals surface area contributed by atoms with Gasteiger partial charge in [0.1, 0.15) is 0 Å². The zero-order valence-electron chi connectivity index (χ0n) is 9.45. The van der Waals surface area contributed by atoms with Crippen LogP contribution in [-0.4, -0.2) is 25.4 Å². The van der Waals surface area contributed by atoms with Gasteiger partial charge in [0.15, 0.2) is 5.17 Å². The molecule has 0 fully saturated rings. The molecule has 1 rings (SSSR count). The summed E-state index contributed by atoms with van der Waals surface area (Å²) in [5.41, 5.74) is 6.79. The van der Waals surface area contributed by atoms with Crippen LogP contribution in [-0.2, 0) is 10.5 Å². The number of aliphatic imine (C=N–C) groups is 1. The molecule has 17 heavy (non-hydrogen) atoms. The minimum atomic E-state index is 0.549. The first-order valence-electron chi connectivity index (χ1n) is 4.99. The van der Waals surface area contributed by atoms with Crippen molar-refractivity contribution in [2.45, 2.75) is 5.75 Å². The highest BCUT2D eigenvalue weighted by Gasteiger charge is 2.01. The highest BCUT2D eigenvalue weighted by Crippen LogP contribution is 2.24. The van der Waals surface area contributed by atoms with Gasteiger partial charge >= 0.3 is 0 Å². The van der Waals surface area contributed by atoms with Crippen molar-refractivity contribution in [3.05, 3.63) is 33.8 Å². The van der Waals surface area contributed by atoms with Crippen molar-refractivity contribution in [1.82, 2.24) is 0 Å². The summed E-state index contributed by atoms with van der Waals surface area (Å²) in [4.78, 5) is 4.14. The minimum absolute atomic E-state index is 0.549. The Morgan fingerprint density at radius 3 is 2.82 bits per heavy atom. The van der Waals surface area contributed by atoms with Gasteiger partial charge in [-0.25, -0.2) is 0 Å². The lowest BCUT2D eigenvalue weighted by Gasteiger charge is -2.03. The Bertz CT molecular complexity index is 399. The normalized spacial score (nSPS) is 11.8. The van der Waals surface area contributed by atoms with Gasteiger partial charge in [0.05, 0.1) is 23.2 Å². The molecule has 0 atom stereocenters. The van der Waals surface area contributed by atoms with Crippen LogP contribution in [0.3, 0.4) is 0 Å². The molecule has 6 heteroatoms. The average molecular weight is 293 g/mol. The fraction of sp³-hybridized carbons (Fsp3) is 0.364. The third kappa shape index (κ3) is 5.64. The molecule has 2 N–H and O–H groups in total. The highest BCUT2D eigenvalue weighted by atomic mass is 35.5. The summed E-state index contributed by atoms with van der Waals surface area (Å²) >= 11 is 13.2. The van der Waals surface area contributed by atoms with Crippen LogP contribution in [0.1, 0.15) is 5.56 Å². The molecule has 0 unspecified atom stereocenters. The third-order valence-corrected chi connectivity index (χ3v) is 3.58. The molecule has 0 amide bonds. The van der Waals surface area contributed by atoms with Gasteiger partial charge in [-0.05, 0) is 17.7 Å². The molecule has 3 nitrogen and oxygen atoms in total. The van der Waals surface area contributed by atoms with Gasteiger partial charge in [0.2, 0.25) is 0 Å². The maximum atomic E-state index is 5.91. The minimum Gasteiger partial charge on any atom is -0.383 e. The highest BCUT2D eigenvalue weighted by molar-refractivity contribution is 8.13. The number of halogens is 2. The molecule has 0 aromatic heterocycles. The van der Waals surface area contributed by atoms with Crippen LogP contribution in [0, 0.1) is 0 Å². The second-order valence-corrected chi connectivity index (χ2v) is 5.06. The van der Waals surface area contributed by atoms with E-state index in [1.165, 1.54) is 11.8 Å². The van der Waals surface area contributed by atoms with Crippen LogP contribution in [0.25, 0.3) is 0 Å². The van der Waals surface area contributed by atoms with E-state index in [1.807, 2.05) is 12.1 Å². The van der Waals surface area contributed by atoms with E-state index in [9.17, 15) is 0 Å². The van der Waals surface area contributed by atoms with Crippen molar-refractivity contribution in [3.63, 3.8) is 0 Å². The Morgan fingerprint density at radius 2 is 2.18 bits per heavy atom. The predicted molar refractivity (Wildman–Crippen MR) is 76.1 cm³/mol.